The first-order valence-corrected chi connectivity index (χ1v) is 4.68. The van der Waals surface area contributed by atoms with Crippen molar-refractivity contribution in [3.05, 3.63) is 29.8 Å². The van der Waals surface area contributed by atoms with Crippen LogP contribution in [0.2, 0.25) is 0 Å². The number of carbonyl (C=O) groups excluding carboxylic acids is 1. The zero-order chi connectivity index (χ0) is 12.1. The maximum absolute atomic E-state index is 10.9. The number of benzene rings is 1. The molecule has 5 nitrogen and oxygen atoms in total. The van der Waals surface area contributed by atoms with E-state index in [1.54, 1.807) is 24.3 Å². The maximum Gasteiger partial charge on any atom is 0.330 e. The van der Waals surface area contributed by atoms with Crippen molar-refractivity contribution in [2.75, 3.05) is 7.11 Å². The average Bonchev–Trinajstić information content (AvgIpc) is 2.25. The van der Waals surface area contributed by atoms with E-state index in [9.17, 15) is 9.59 Å². The highest BCUT2D eigenvalue weighted by Crippen LogP contribution is 2.17. The molecule has 86 valence electrons. The van der Waals surface area contributed by atoms with Gasteiger partial charge in [0.05, 0.1) is 7.11 Å². The molecule has 0 aliphatic rings. The first kappa shape index (κ1) is 12.0. The van der Waals surface area contributed by atoms with Crippen LogP contribution >= 0.6 is 0 Å². The van der Waals surface area contributed by atoms with Crippen LogP contribution in [0, 0.1) is 0 Å². The fourth-order valence-corrected chi connectivity index (χ4v) is 1.29. The van der Waals surface area contributed by atoms with Crippen molar-refractivity contribution in [1.82, 2.24) is 5.32 Å². The molecule has 0 spiro atoms. The number of carboxylic acid groups (broad SMARTS) is 1. The Morgan fingerprint density at radius 1 is 1.31 bits per heavy atom. The quantitative estimate of drug-likeness (QED) is 0.797. The second-order valence-electron chi connectivity index (χ2n) is 3.24. The van der Waals surface area contributed by atoms with Crippen molar-refractivity contribution in [2.45, 2.75) is 13.0 Å². The van der Waals surface area contributed by atoms with Gasteiger partial charge in [0.1, 0.15) is 5.75 Å². The molecule has 0 saturated heterocycles. The van der Waals surface area contributed by atoms with Gasteiger partial charge in [-0.15, -0.1) is 0 Å². The monoisotopic (exact) mass is 223 g/mol. The number of ether oxygens (including phenoxy) is 1. The molecule has 0 aliphatic heterocycles. The maximum atomic E-state index is 10.9. The molecule has 1 atom stereocenters. The highest BCUT2D eigenvalue weighted by Gasteiger charge is 2.20. The summed E-state index contributed by atoms with van der Waals surface area (Å²) in [5, 5.41) is 11.3. The average molecular weight is 223 g/mol. The predicted octanol–water partition coefficient (Wildman–Crippen LogP) is 0.957. The first-order valence-electron chi connectivity index (χ1n) is 4.68. The number of rotatable bonds is 4. The summed E-state index contributed by atoms with van der Waals surface area (Å²) in [4.78, 5) is 21.8. The summed E-state index contributed by atoms with van der Waals surface area (Å²) in [5.74, 6) is -0.848. The lowest BCUT2D eigenvalue weighted by molar-refractivity contribution is -0.141. The standard InChI is InChI=1S/C11H13NO4/c1-7(13)12-10(11(14)15)8-3-5-9(16-2)6-4-8/h3-6,10H,1-2H3,(H,12,13)(H,14,15). The third kappa shape index (κ3) is 2.98. The number of aliphatic carboxylic acids is 1. The number of methoxy groups -OCH3 is 1. The summed E-state index contributed by atoms with van der Waals surface area (Å²) in [7, 11) is 1.53. The molecule has 1 aromatic rings. The van der Waals surface area contributed by atoms with Crippen molar-refractivity contribution >= 4 is 11.9 Å². The third-order valence-corrected chi connectivity index (χ3v) is 2.04. The Bertz CT molecular complexity index is 385. The topological polar surface area (TPSA) is 75.6 Å². The Balaban J connectivity index is 2.92. The van der Waals surface area contributed by atoms with Crippen LogP contribution in [-0.4, -0.2) is 24.1 Å². The van der Waals surface area contributed by atoms with Gasteiger partial charge in [-0.3, -0.25) is 4.79 Å². The van der Waals surface area contributed by atoms with E-state index in [0.717, 1.165) is 0 Å². The molecule has 1 amide bonds. The van der Waals surface area contributed by atoms with Crippen molar-refractivity contribution in [3.63, 3.8) is 0 Å². The summed E-state index contributed by atoms with van der Waals surface area (Å²) in [6, 6.07) is 5.48. The van der Waals surface area contributed by atoms with Gasteiger partial charge in [-0.25, -0.2) is 4.79 Å². The minimum atomic E-state index is -1.10. The Kier molecular flexibility index (Phi) is 3.88. The summed E-state index contributed by atoms with van der Waals surface area (Å²) in [5.41, 5.74) is 0.503. The van der Waals surface area contributed by atoms with E-state index in [1.807, 2.05) is 0 Å². The number of carbonyl (C=O) groups is 2. The number of nitrogens with one attached hydrogen (secondary N) is 1. The lowest BCUT2D eigenvalue weighted by atomic mass is 10.1. The number of hydrogen-bond donors (Lipinski definition) is 2. The molecule has 0 aliphatic carbocycles. The number of carboxylic acids is 1. The highest BCUT2D eigenvalue weighted by atomic mass is 16.5. The van der Waals surface area contributed by atoms with Gasteiger partial charge < -0.3 is 15.2 Å². The first-order chi connectivity index (χ1) is 7.54. The zero-order valence-corrected chi connectivity index (χ0v) is 9.06. The summed E-state index contributed by atoms with van der Waals surface area (Å²) in [6.45, 7) is 1.28. The summed E-state index contributed by atoms with van der Waals surface area (Å²) >= 11 is 0. The van der Waals surface area contributed by atoms with Gasteiger partial charge in [-0.2, -0.15) is 0 Å². The van der Waals surface area contributed by atoms with Gasteiger partial charge in [0.15, 0.2) is 6.04 Å². The Hall–Kier alpha value is -2.04. The Morgan fingerprint density at radius 3 is 2.25 bits per heavy atom. The molecule has 1 rings (SSSR count). The smallest absolute Gasteiger partial charge is 0.330 e. The molecule has 16 heavy (non-hydrogen) atoms. The Morgan fingerprint density at radius 2 is 1.88 bits per heavy atom. The predicted molar refractivity (Wildman–Crippen MR) is 57.2 cm³/mol. The molecule has 0 aromatic heterocycles. The van der Waals surface area contributed by atoms with Crippen LogP contribution in [0.25, 0.3) is 0 Å². The van der Waals surface area contributed by atoms with E-state index in [1.165, 1.54) is 14.0 Å². The third-order valence-electron chi connectivity index (χ3n) is 2.04. The van der Waals surface area contributed by atoms with Crippen molar-refractivity contribution in [1.29, 1.82) is 0 Å². The lowest BCUT2D eigenvalue weighted by Crippen LogP contribution is -2.31. The van der Waals surface area contributed by atoms with Crippen LogP contribution in [0.15, 0.2) is 24.3 Å². The van der Waals surface area contributed by atoms with E-state index in [0.29, 0.717) is 11.3 Å². The van der Waals surface area contributed by atoms with Gasteiger partial charge in [0, 0.05) is 6.92 Å². The molecule has 0 heterocycles. The fourth-order valence-electron chi connectivity index (χ4n) is 1.29. The van der Waals surface area contributed by atoms with Crippen LogP contribution in [0.5, 0.6) is 5.75 Å². The van der Waals surface area contributed by atoms with E-state index < -0.39 is 12.0 Å². The molecule has 0 radical (unpaired) electrons. The van der Waals surface area contributed by atoms with Gasteiger partial charge in [-0.05, 0) is 17.7 Å². The molecular weight excluding hydrogens is 210 g/mol. The Labute approximate surface area is 93.0 Å². The number of hydrogen-bond acceptors (Lipinski definition) is 3. The van der Waals surface area contributed by atoms with Crippen LogP contribution in [0.4, 0.5) is 0 Å². The molecule has 2 N–H and O–H groups in total. The molecule has 1 aromatic carbocycles. The second-order valence-corrected chi connectivity index (χ2v) is 3.24. The molecule has 0 bridgehead atoms. The van der Waals surface area contributed by atoms with Gasteiger partial charge in [-0.1, -0.05) is 12.1 Å². The molecule has 0 saturated carbocycles. The van der Waals surface area contributed by atoms with Crippen molar-refractivity contribution in [2.24, 2.45) is 0 Å². The zero-order valence-electron chi connectivity index (χ0n) is 9.06. The van der Waals surface area contributed by atoms with E-state index in [-0.39, 0.29) is 5.91 Å². The molecule has 5 heteroatoms. The van der Waals surface area contributed by atoms with Gasteiger partial charge in [0.25, 0.3) is 0 Å². The van der Waals surface area contributed by atoms with E-state index in [4.69, 9.17) is 9.84 Å². The normalized spacial score (nSPS) is 11.6. The van der Waals surface area contributed by atoms with E-state index in [2.05, 4.69) is 5.32 Å². The van der Waals surface area contributed by atoms with Crippen LogP contribution in [-0.2, 0) is 9.59 Å². The van der Waals surface area contributed by atoms with Crippen LogP contribution < -0.4 is 10.1 Å². The van der Waals surface area contributed by atoms with Crippen LogP contribution in [0.1, 0.15) is 18.5 Å². The van der Waals surface area contributed by atoms with Crippen molar-refractivity contribution in [3.8, 4) is 5.75 Å². The lowest BCUT2D eigenvalue weighted by Gasteiger charge is -2.13. The number of amides is 1. The molecular formula is C11H13NO4. The minimum Gasteiger partial charge on any atom is -0.497 e. The van der Waals surface area contributed by atoms with Gasteiger partial charge in [0.2, 0.25) is 5.91 Å². The molecule has 1 unspecified atom stereocenters. The second kappa shape index (κ2) is 5.16. The van der Waals surface area contributed by atoms with E-state index >= 15 is 0 Å². The molecule has 0 fully saturated rings. The highest BCUT2D eigenvalue weighted by molar-refractivity contribution is 5.83. The summed E-state index contributed by atoms with van der Waals surface area (Å²) in [6.07, 6.45) is 0. The fraction of sp³-hybridized carbons (Fsp3) is 0.273. The minimum absolute atomic E-state index is 0.386. The van der Waals surface area contributed by atoms with Crippen LogP contribution in [0.3, 0.4) is 0 Å². The largest absolute Gasteiger partial charge is 0.497 e. The van der Waals surface area contributed by atoms with Gasteiger partial charge >= 0.3 is 5.97 Å². The van der Waals surface area contributed by atoms with Crippen molar-refractivity contribution < 1.29 is 19.4 Å². The SMILES string of the molecule is COc1ccc(C(NC(C)=O)C(=O)O)cc1. The summed E-state index contributed by atoms with van der Waals surface area (Å²) < 4.78 is 4.96.